The number of hydrogen-bond donors (Lipinski definition) is 0. The van der Waals surface area contributed by atoms with Crippen LogP contribution >= 0.6 is 11.6 Å². The molecule has 3 aromatic rings. The molecule has 3 nitrogen and oxygen atoms in total. The summed E-state index contributed by atoms with van der Waals surface area (Å²) < 4.78 is 2.02. The van der Waals surface area contributed by atoms with Crippen LogP contribution in [0.3, 0.4) is 0 Å². The number of aromatic nitrogens is 3. The molecule has 1 aromatic carbocycles. The molecule has 0 bridgehead atoms. The van der Waals surface area contributed by atoms with Crippen molar-refractivity contribution in [3.8, 4) is 5.69 Å². The van der Waals surface area contributed by atoms with Crippen molar-refractivity contribution in [2.75, 3.05) is 0 Å². The fourth-order valence-electron chi connectivity index (χ4n) is 2.20. The van der Waals surface area contributed by atoms with Crippen molar-refractivity contribution in [2.45, 2.75) is 19.2 Å². The van der Waals surface area contributed by atoms with Crippen molar-refractivity contribution in [2.24, 2.45) is 0 Å². The molecule has 0 aliphatic heterocycles. The highest BCUT2D eigenvalue weighted by Crippen LogP contribution is 2.21. The van der Waals surface area contributed by atoms with Gasteiger partial charge >= 0.3 is 0 Å². The average molecular weight is 272 g/mol. The summed E-state index contributed by atoms with van der Waals surface area (Å²) in [4.78, 5) is 8.93. The third-order valence-electron chi connectivity index (χ3n) is 3.21. The molecule has 0 atom stereocenters. The summed E-state index contributed by atoms with van der Waals surface area (Å²) in [6.07, 6.45) is 2.81. The van der Waals surface area contributed by atoms with Crippen molar-refractivity contribution in [1.82, 2.24) is 14.5 Å². The second-order valence-corrected chi connectivity index (χ2v) is 4.63. The lowest BCUT2D eigenvalue weighted by molar-refractivity contribution is 0.967. The molecule has 2 heterocycles. The van der Waals surface area contributed by atoms with Crippen molar-refractivity contribution in [3.63, 3.8) is 0 Å². The van der Waals surface area contributed by atoms with E-state index in [0.29, 0.717) is 5.88 Å². The molecule has 0 N–H and O–H groups in total. The van der Waals surface area contributed by atoms with E-state index >= 15 is 0 Å². The number of hydrogen-bond acceptors (Lipinski definition) is 2. The summed E-state index contributed by atoms with van der Waals surface area (Å²) in [6, 6.07) is 12.3. The first-order chi connectivity index (χ1) is 9.33. The van der Waals surface area contributed by atoms with E-state index < -0.39 is 0 Å². The van der Waals surface area contributed by atoms with Crippen LogP contribution in [0.15, 0.2) is 42.6 Å². The molecule has 2 aromatic heterocycles. The Morgan fingerprint density at radius 3 is 2.63 bits per heavy atom. The van der Waals surface area contributed by atoms with Gasteiger partial charge < -0.3 is 0 Å². The molecule has 0 radical (unpaired) electrons. The highest BCUT2D eigenvalue weighted by molar-refractivity contribution is 6.16. The van der Waals surface area contributed by atoms with Gasteiger partial charge in [0.05, 0.1) is 5.88 Å². The molecule has 0 aliphatic rings. The number of rotatable bonds is 3. The van der Waals surface area contributed by atoms with Gasteiger partial charge in [0, 0.05) is 11.9 Å². The number of imidazole rings is 1. The van der Waals surface area contributed by atoms with Crippen molar-refractivity contribution >= 4 is 22.8 Å². The first-order valence-corrected chi connectivity index (χ1v) is 6.84. The Morgan fingerprint density at radius 2 is 1.95 bits per heavy atom. The summed E-state index contributed by atoms with van der Waals surface area (Å²) in [5, 5.41) is 0. The van der Waals surface area contributed by atoms with Crippen LogP contribution < -0.4 is 0 Å². The van der Waals surface area contributed by atoms with Crippen molar-refractivity contribution in [1.29, 1.82) is 0 Å². The van der Waals surface area contributed by atoms with Gasteiger partial charge in [-0.3, -0.25) is 4.57 Å². The Kier molecular flexibility index (Phi) is 3.22. The molecule has 0 spiro atoms. The smallest absolute Gasteiger partial charge is 0.164 e. The number of nitrogens with zero attached hydrogens (tertiary/aromatic N) is 3. The summed E-state index contributed by atoms with van der Waals surface area (Å²) in [6.45, 7) is 2.15. The zero-order chi connectivity index (χ0) is 13.2. The van der Waals surface area contributed by atoms with E-state index in [0.717, 1.165) is 29.1 Å². The predicted octanol–water partition coefficient (Wildman–Crippen LogP) is 3.72. The normalized spacial score (nSPS) is 11.1. The van der Waals surface area contributed by atoms with Crippen LogP contribution in [0.1, 0.15) is 18.3 Å². The Morgan fingerprint density at radius 1 is 1.16 bits per heavy atom. The number of benzene rings is 1. The molecule has 0 fully saturated rings. The number of pyridine rings is 1. The fraction of sp³-hybridized carbons (Fsp3) is 0.200. The SMILES string of the molecule is CCc1ccc(-n2c(CCl)nc3cccnc32)cc1. The van der Waals surface area contributed by atoms with Gasteiger partial charge in [0.2, 0.25) is 0 Å². The molecular formula is C15H14ClN3. The van der Waals surface area contributed by atoms with E-state index in [1.165, 1.54) is 5.56 Å². The Bertz CT molecular complexity index is 701. The molecule has 0 saturated carbocycles. The molecule has 0 amide bonds. The summed E-state index contributed by atoms with van der Waals surface area (Å²) in [5.41, 5.74) is 4.09. The van der Waals surface area contributed by atoms with Gasteiger partial charge in [-0.15, -0.1) is 11.6 Å². The highest BCUT2D eigenvalue weighted by atomic mass is 35.5. The van der Waals surface area contributed by atoms with Gasteiger partial charge in [-0.25, -0.2) is 9.97 Å². The number of fused-ring (bicyclic) bond motifs is 1. The molecule has 0 saturated heterocycles. The summed E-state index contributed by atoms with van der Waals surface area (Å²) in [7, 11) is 0. The molecular weight excluding hydrogens is 258 g/mol. The standard InChI is InChI=1S/C15H14ClN3/c1-2-11-5-7-12(8-6-11)19-14(10-16)18-13-4-3-9-17-15(13)19/h3-9H,2,10H2,1H3. The van der Waals surface area contributed by atoms with Crippen LogP contribution in [-0.2, 0) is 12.3 Å². The minimum absolute atomic E-state index is 0.367. The van der Waals surface area contributed by atoms with Crippen LogP contribution in [-0.4, -0.2) is 14.5 Å². The molecule has 3 rings (SSSR count). The lowest BCUT2D eigenvalue weighted by Crippen LogP contribution is -2.00. The molecule has 19 heavy (non-hydrogen) atoms. The van der Waals surface area contributed by atoms with E-state index in [2.05, 4.69) is 41.2 Å². The minimum atomic E-state index is 0.367. The van der Waals surface area contributed by atoms with Gasteiger partial charge in [0.1, 0.15) is 11.3 Å². The predicted molar refractivity (Wildman–Crippen MR) is 77.8 cm³/mol. The maximum atomic E-state index is 6.00. The van der Waals surface area contributed by atoms with Crippen LogP contribution in [0, 0.1) is 0 Å². The monoisotopic (exact) mass is 271 g/mol. The van der Waals surface area contributed by atoms with Crippen LogP contribution in [0.4, 0.5) is 0 Å². The van der Waals surface area contributed by atoms with Crippen LogP contribution in [0.2, 0.25) is 0 Å². The first-order valence-electron chi connectivity index (χ1n) is 6.31. The van der Waals surface area contributed by atoms with Crippen LogP contribution in [0.5, 0.6) is 0 Å². The van der Waals surface area contributed by atoms with E-state index in [9.17, 15) is 0 Å². The molecule has 4 heteroatoms. The molecule has 0 unspecified atom stereocenters. The van der Waals surface area contributed by atoms with Crippen molar-refractivity contribution < 1.29 is 0 Å². The quantitative estimate of drug-likeness (QED) is 0.680. The topological polar surface area (TPSA) is 30.7 Å². The number of halogens is 1. The second-order valence-electron chi connectivity index (χ2n) is 4.36. The van der Waals surface area contributed by atoms with E-state index in [-0.39, 0.29) is 0 Å². The summed E-state index contributed by atoms with van der Waals surface area (Å²) in [5.74, 6) is 1.19. The van der Waals surface area contributed by atoms with Gasteiger partial charge in [0.25, 0.3) is 0 Å². The largest absolute Gasteiger partial charge is 0.280 e. The lowest BCUT2D eigenvalue weighted by atomic mass is 10.1. The fourth-order valence-corrected chi connectivity index (χ4v) is 2.38. The Labute approximate surface area is 116 Å². The van der Waals surface area contributed by atoms with Gasteiger partial charge in [-0.05, 0) is 36.2 Å². The van der Waals surface area contributed by atoms with Crippen molar-refractivity contribution in [3.05, 3.63) is 54.0 Å². The minimum Gasteiger partial charge on any atom is -0.280 e. The first kappa shape index (κ1) is 12.2. The third kappa shape index (κ3) is 2.10. The summed E-state index contributed by atoms with van der Waals surface area (Å²) >= 11 is 6.00. The van der Waals surface area contributed by atoms with E-state index in [1.807, 2.05) is 16.7 Å². The van der Waals surface area contributed by atoms with Gasteiger partial charge in [-0.1, -0.05) is 19.1 Å². The maximum absolute atomic E-state index is 6.00. The Hall–Kier alpha value is -1.87. The highest BCUT2D eigenvalue weighted by Gasteiger charge is 2.12. The van der Waals surface area contributed by atoms with E-state index in [1.54, 1.807) is 6.20 Å². The maximum Gasteiger partial charge on any atom is 0.164 e. The molecule has 0 aliphatic carbocycles. The van der Waals surface area contributed by atoms with Gasteiger partial charge in [0.15, 0.2) is 5.65 Å². The Balaban J connectivity index is 2.21. The van der Waals surface area contributed by atoms with Gasteiger partial charge in [-0.2, -0.15) is 0 Å². The second kappa shape index (κ2) is 5.02. The number of alkyl halides is 1. The third-order valence-corrected chi connectivity index (χ3v) is 3.45. The number of aryl methyl sites for hydroxylation is 1. The lowest BCUT2D eigenvalue weighted by Gasteiger charge is -2.07. The average Bonchev–Trinajstić information content (AvgIpc) is 2.86. The molecule has 96 valence electrons. The van der Waals surface area contributed by atoms with E-state index in [4.69, 9.17) is 11.6 Å². The zero-order valence-corrected chi connectivity index (χ0v) is 11.4. The zero-order valence-electron chi connectivity index (χ0n) is 10.7. The van der Waals surface area contributed by atoms with Crippen LogP contribution in [0.25, 0.3) is 16.9 Å².